The molecule has 0 aromatic carbocycles. The minimum absolute atomic E-state index is 1.30. The fourth-order valence-corrected chi connectivity index (χ4v) is 0.710. The Bertz CT molecular complexity index is 208. The highest BCUT2D eigenvalue weighted by molar-refractivity contribution is 5.81. The molecule has 0 saturated heterocycles. The molecule has 0 aromatic rings. The largest absolute Gasteiger partial charge is 0.387 e. The second kappa shape index (κ2) is 4.86. The number of primary amides is 2. The summed E-state index contributed by atoms with van der Waals surface area (Å²) >= 11 is 0. The van der Waals surface area contributed by atoms with E-state index in [0.717, 1.165) is 0 Å². The van der Waals surface area contributed by atoms with Gasteiger partial charge in [-0.25, -0.2) is 0 Å². The average molecular weight is 208 g/mol. The third-order valence-corrected chi connectivity index (χ3v) is 1.58. The van der Waals surface area contributed by atoms with Crippen LogP contribution in [0.5, 0.6) is 0 Å². The molecule has 2 amide bonds. The maximum absolute atomic E-state index is 10.3. The molecule has 14 heavy (non-hydrogen) atoms. The Morgan fingerprint density at radius 1 is 0.786 bits per heavy atom. The van der Waals surface area contributed by atoms with Crippen molar-refractivity contribution >= 4 is 11.8 Å². The Balaban J connectivity index is 4.45. The van der Waals surface area contributed by atoms with E-state index < -0.39 is 36.2 Å². The van der Waals surface area contributed by atoms with E-state index in [1.807, 2.05) is 0 Å². The number of aliphatic hydroxyl groups excluding tert-OH is 4. The zero-order valence-corrected chi connectivity index (χ0v) is 7.07. The van der Waals surface area contributed by atoms with Crippen LogP contribution >= 0.6 is 0 Å². The van der Waals surface area contributed by atoms with E-state index in [1.165, 1.54) is 0 Å². The third-order valence-electron chi connectivity index (χ3n) is 1.58. The van der Waals surface area contributed by atoms with E-state index in [9.17, 15) is 9.59 Å². The number of nitrogens with two attached hydrogens (primary N) is 2. The summed E-state index contributed by atoms with van der Waals surface area (Å²) < 4.78 is 0. The standard InChI is InChI=1S/C6H12N2O6/c7-5(13)3(11)1(9)2(10)4(12)6(8)14/h1-4,9-12H,(H2,7,13)(H2,8,14)/t1-,2+,3-,4-/m0/s1. The molecule has 0 aromatic heterocycles. The van der Waals surface area contributed by atoms with Gasteiger partial charge in [-0.05, 0) is 0 Å². The van der Waals surface area contributed by atoms with Crippen LogP contribution in [0.2, 0.25) is 0 Å². The predicted molar refractivity (Wildman–Crippen MR) is 42.4 cm³/mol. The van der Waals surface area contributed by atoms with Crippen molar-refractivity contribution in [3.8, 4) is 0 Å². The second-order valence-corrected chi connectivity index (χ2v) is 2.68. The molecule has 0 aliphatic carbocycles. The first-order chi connectivity index (χ1) is 6.29. The lowest BCUT2D eigenvalue weighted by atomic mass is 10.0. The molecule has 0 heterocycles. The first kappa shape index (κ1) is 12.8. The van der Waals surface area contributed by atoms with Crippen LogP contribution in [0, 0.1) is 0 Å². The van der Waals surface area contributed by atoms with E-state index in [0.29, 0.717) is 0 Å². The number of amides is 2. The van der Waals surface area contributed by atoms with E-state index in [2.05, 4.69) is 11.5 Å². The van der Waals surface area contributed by atoms with Crippen molar-refractivity contribution in [2.24, 2.45) is 11.5 Å². The number of hydrogen-bond acceptors (Lipinski definition) is 6. The van der Waals surface area contributed by atoms with Crippen LogP contribution in [0.4, 0.5) is 0 Å². The third kappa shape index (κ3) is 2.92. The second-order valence-electron chi connectivity index (χ2n) is 2.68. The molecular formula is C6H12N2O6. The first-order valence-corrected chi connectivity index (χ1v) is 3.60. The van der Waals surface area contributed by atoms with Gasteiger partial charge in [-0.2, -0.15) is 0 Å². The molecule has 0 fully saturated rings. The van der Waals surface area contributed by atoms with E-state index >= 15 is 0 Å². The van der Waals surface area contributed by atoms with Crippen LogP contribution < -0.4 is 11.5 Å². The number of carbonyl (C=O) groups is 2. The van der Waals surface area contributed by atoms with Gasteiger partial charge in [0.05, 0.1) is 0 Å². The molecule has 0 rings (SSSR count). The van der Waals surface area contributed by atoms with Crippen molar-refractivity contribution in [3.05, 3.63) is 0 Å². The van der Waals surface area contributed by atoms with Crippen molar-refractivity contribution in [3.63, 3.8) is 0 Å². The summed E-state index contributed by atoms with van der Waals surface area (Å²) in [5, 5.41) is 35.7. The maximum Gasteiger partial charge on any atom is 0.249 e. The molecule has 0 aliphatic rings. The Hall–Kier alpha value is -1.22. The van der Waals surface area contributed by atoms with Gasteiger partial charge in [0.1, 0.15) is 12.2 Å². The van der Waals surface area contributed by atoms with Crippen LogP contribution in [0.1, 0.15) is 0 Å². The van der Waals surface area contributed by atoms with Crippen molar-refractivity contribution < 1.29 is 30.0 Å². The lowest BCUT2D eigenvalue weighted by molar-refractivity contribution is -0.152. The molecule has 0 saturated carbocycles. The van der Waals surface area contributed by atoms with Gasteiger partial charge in [-0.3, -0.25) is 9.59 Å². The van der Waals surface area contributed by atoms with Gasteiger partial charge < -0.3 is 31.9 Å². The number of rotatable bonds is 5. The van der Waals surface area contributed by atoms with Gasteiger partial charge in [0, 0.05) is 0 Å². The van der Waals surface area contributed by atoms with Crippen LogP contribution in [0.15, 0.2) is 0 Å². The summed E-state index contributed by atoms with van der Waals surface area (Å²) in [6.45, 7) is 0. The minimum atomic E-state index is -2.08. The molecule has 0 spiro atoms. The number of carbonyl (C=O) groups excluding carboxylic acids is 2. The molecule has 8 N–H and O–H groups in total. The Labute approximate surface area is 78.7 Å². The van der Waals surface area contributed by atoms with Crippen molar-refractivity contribution in [1.29, 1.82) is 0 Å². The SMILES string of the molecule is NC(=O)[C@@H](O)[C@H](O)[C@H](O)[C@H](O)C(N)=O. The summed E-state index contributed by atoms with van der Waals surface area (Å²) in [5.74, 6) is -2.60. The van der Waals surface area contributed by atoms with Crippen molar-refractivity contribution in [2.75, 3.05) is 0 Å². The summed E-state index contributed by atoms with van der Waals surface area (Å²) in [6, 6.07) is 0. The van der Waals surface area contributed by atoms with Crippen LogP contribution in [0.3, 0.4) is 0 Å². The summed E-state index contributed by atoms with van der Waals surface area (Å²) in [4.78, 5) is 20.7. The maximum atomic E-state index is 10.3. The smallest absolute Gasteiger partial charge is 0.249 e. The zero-order chi connectivity index (χ0) is 11.5. The van der Waals surface area contributed by atoms with E-state index in [-0.39, 0.29) is 0 Å². The molecule has 0 unspecified atom stereocenters. The van der Waals surface area contributed by atoms with Gasteiger partial charge in [-0.15, -0.1) is 0 Å². The quantitative estimate of drug-likeness (QED) is 0.266. The monoisotopic (exact) mass is 208 g/mol. The van der Waals surface area contributed by atoms with Crippen LogP contribution in [-0.2, 0) is 9.59 Å². The van der Waals surface area contributed by atoms with Gasteiger partial charge in [0.25, 0.3) is 0 Å². The lowest BCUT2D eigenvalue weighted by Gasteiger charge is -2.22. The normalized spacial score (nSPS) is 19.4. The fourth-order valence-electron chi connectivity index (χ4n) is 0.710. The lowest BCUT2D eigenvalue weighted by Crippen LogP contribution is -2.52. The highest BCUT2D eigenvalue weighted by Gasteiger charge is 2.35. The van der Waals surface area contributed by atoms with E-state index in [1.54, 1.807) is 0 Å². The Morgan fingerprint density at radius 2 is 1.00 bits per heavy atom. The molecule has 82 valence electrons. The van der Waals surface area contributed by atoms with E-state index in [4.69, 9.17) is 20.4 Å². The Morgan fingerprint density at radius 3 is 1.14 bits per heavy atom. The molecule has 8 heteroatoms. The highest BCUT2D eigenvalue weighted by Crippen LogP contribution is 2.04. The van der Waals surface area contributed by atoms with Crippen molar-refractivity contribution in [1.82, 2.24) is 0 Å². The van der Waals surface area contributed by atoms with Crippen molar-refractivity contribution in [2.45, 2.75) is 24.4 Å². The fraction of sp³-hybridized carbons (Fsp3) is 0.667. The molecular weight excluding hydrogens is 196 g/mol. The summed E-state index contributed by atoms with van der Waals surface area (Å²) in [6.07, 6.45) is -8.32. The van der Waals surface area contributed by atoms with Crippen LogP contribution in [0.25, 0.3) is 0 Å². The topological polar surface area (TPSA) is 167 Å². The average Bonchev–Trinajstić information content (AvgIpc) is 2.12. The molecule has 0 aliphatic heterocycles. The van der Waals surface area contributed by atoms with Crippen LogP contribution in [-0.4, -0.2) is 56.7 Å². The molecule has 0 bridgehead atoms. The van der Waals surface area contributed by atoms with Gasteiger partial charge in [0.2, 0.25) is 11.8 Å². The molecule has 4 atom stereocenters. The minimum Gasteiger partial charge on any atom is -0.387 e. The zero-order valence-electron chi connectivity index (χ0n) is 7.07. The predicted octanol–water partition coefficient (Wildman–Crippen LogP) is -4.60. The summed E-state index contributed by atoms with van der Waals surface area (Å²) in [7, 11) is 0. The summed E-state index contributed by atoms with van der Waals surface area (Å²) in [5.41, 5.74) is 9.19. The highest BCUT2D eigenvalue weighted by atomic mass is 16.4. The number of hydrogen-bond donors (Lipinski definition) is 6. The molecule has 8 nitrogen and oxygen atoms in total. The van der Waals surface area contributed by atoms with Gasteiger partial charge in [0.15, 0.2) is 12.2 Å². The first-order valence-electron chi connectivity index (χ1n) is 3.60. The molecule has 0 radical (unpaired) electrons. The van der Waals surface area contributed by atoms with Gasteiger partial charge >= 0.3 is 0 Å². The van der Waals surface area contributed by atoms with Gasteiger partial charge in [-0.1, -0.05) is 0 Å². The Kier molecular flexibility index (Phi) is 4.44. The number of aliphatic hydroxyl groups is 4.